The van der Waals surface area contributed by atoms with E-state index in [4.69, 9.17) is 9.26 Å². The lowest BCUT2D eigenvalue weighted by molar-refractivity contribution is -0.135. The fraction of sp³-hybridized carbons (Fsp3) is 0.500. The van der Waals surface area contributed by atoms with Crippen molar-refractivity contribution in [2.45, 2.75) is 43.6 Å². The maximum Gasteiger partial charge on any atom is 0.292 e. The van der Waals surface area contributed by atoms with Crippen LogP contribution < -0.4 is 4.74 Å². The Morgan fingerprint density at radius 3 is 2.53 bits per heavy atom. The molecule has 9 nitrogen and oxygen atoms in total. The average molecular weight is 460 g/mol. The topological polar surface area (TPSA) is 110 Å². The predicted octanol–water partition coefficient (Wildman–Crippen LogP) is 1.57. The number of fused-ring (bicyclic) bond motifs is 1. The van der Waals surface area contributed by atoms with Crippen molar-refractivity contribution in [2.24, 2.45) is 0 Å². The maximum atomic E-state index is 13.2. The number of carbonyl (C=O) groups is 2. The van der Waals surface area contributed by atoms with E-state index < -0.39 is 20.7 Å². The quantitative estimate of drug-likeness (QED) is 0.670. The number of piperidine rings is 1. The third-order valence-electron chi connectivity index (χ3n) is 6.73. The minimum Gasteiger partial charge on any atom is -0.485 e. The van der Waals surface area contributed by atoms with Gasteiger partial charge in [0, 0.05) is 43.6 Å². The summed E-state index contributed by atoms with van der Waals surface area (Å²) in [5, 5.41) is 2.73. The number of aryl methyl sites for hydroxylation is 1. The van der Waals surface area contributed by atoms with Gasteiger partial charge < -0.3 is 19.1 Å². The number of benzene rings is 1. The molecular weight excluding hydrogens is 434 g/mol. The number of carbonyl (C=O) groups excluding carboxylic acids is 2. The Hall–Kier alpha value is -2.88. The molecule has 0 aliphatic carbocycles. The summed E-state index contributed by atoms with van der Waals surface area (Å²) in [5.74, 6) is 0.433. The molecule has 0 saturated carbocycles. The van der Waals surface area contributed by atoms with Crippen LogP contribution in [0.5, 0.6) is 5.75 Å². The third-order valence-corrected chi connectivity index (χ3v) is 8.84. The molecule has 3 aliphatic rings. The van der Waals surface area contributed by atoms with Gasteiger partial charge in [0.05, 0.1) is 18.5 Å². The van der Waals surface area contributed by atoms with Crippen molar-refractivity contribution < 1.29 is 27.3 Å². The first-order valence-corrected chi connectivity index (χ1v) is 12.5. The van der Waals surface area contributed by atoms with Gasteiger partial charge in [0.25, 0.3) is 5.91 Å². The third kappa shape index (κ3) is 3.56. The zero-order valence-corrected chi connectivity index (χ0v) is 18.6. The molecular formula is C22H25N3O6S. The van der Waals surface area contributed by atoms with Crippen LogP contribution in [0, 0.1) is 6.92 Å². The van der Waals surface area contributed by atoms with E-state index in [-0.39, 0.29) is 29.9 Å². The van der Waals surface area contributed by atoms with E-state index in [0.717, 1.165) is 5.56 Å². The second-order valence-electron chi connectivity index (χ2n) is 8.86. The average Bonchev–Trinajstić information content (AvgIpc) is 3.12. The first-order chi connectivity index (χ1) is 15.3. The largest absolute Gasteiger partial charge is 0.485 e. The molecule has 1 aromatic heterocycles. The molecule has 3 aliphatic heterocycles. The lowest BCUT2D eigenvalue weighted by Gasteiger charge is -2.43. The number of aromatic nitrogens is 1. The number of rotatable bonds is 2. The second-order valence-corrected chi connectivity index (χ2v) is 11.2. The summed E-state index contributed by atoms with van der Waals surface area (Å²) in [5.41, 5.74) is 0.849. The van der Waals surface area contributed by atoms with Crippen molar-refractivity contribution in [1.29, 1.82) is 0 Å². The minimum atomic E-state index is -3.35. The molecule has 10 heteroatoms. The van der Waals surface area contributed by atoms with Crippen LogP contribution in [0.4, 0.5) is 0 Å². The lowest BCUT2D eigenvalue weighted by atomic mass is 9.90. The van der Waals surface area contributed by atoms with Crippen LogP contribution in [0.15, 0.2) is 35.0 Å². The summed E-state index contributed by atoms with van der Waals surface area (Å²) in [6.07, 6.45) is 2.91. The molecule has 0 N–H and O–H groups in total. The molecule has 2 amide bonds. The summed E-state index contributed by atoms with van der Waals surface area (Å²) < 4.78 is 35.8. The van der Waals surface area contributed by atoms with E-state index in [9.17, 15) is 18.0 Å². The number of para-hydroxylation sites is 1. The van der Waals surface area contributed by atoms with Gasteiger partial charge in [0.2, 0.25) is 11.7 Å². The van der Waals surface area contributed by atoms with Gasteiger partial charge in [0.15, 0.2) is 9.84 Å². The molecule has 1 spiro atoms. The fourth-order valence-corrected chi connectivity index (χ4v) is 6.00. The van der Waals surface area contributed by atoms with Gasteiger partial charge in [-0.1, -0.05) is 23.4 Å². The standard InChI is InChI=1S/C22H25N3O6S/c1-15-12-23-31-19(15)21(27)24-9-7-22(8-10-24)14-25(20(26)18-6-11-32(18,28)29)13-16-4-2-3-5-17(16)30-22/h2-5,12,18H,6-11,13-14H2,1H3. The number of sulfone groups is 1. The van der Waals surface area contributed by atoms with Gasteiger partial charge >= 0.3 is 0 Å². The van der Waals surface area contributed by atoms with E-state index in [2.05, 4.69) is 5.16 Å². The van der Waals surface area contributed by atoms with Gasteiger partial charge in [-0.2, -0.15) is 0 Å². The van der Waals surface area contributed by atoms with Gasteiger partial charge in [-0.05, 0) is 19.4 Å². The number of likely N-dealkylation sites (tertiary alicyclic amines) is 1. The van der Waals surface area contributed by atoms with Gasteiger partial charge in [-0.15, -0.1) is 0 Å². The van der Waals surface area contributed by atoms with E-state index in [0.29, 0.717) is 50.2 Å². The van der Waals surface area contributed by atoms with Gasteiger partial charge in [-0.25, -0.2) is 8.42 Å². The van der Waals surface area contributed by atoms with Crippen molar-refractivity contribution in [3.8, 4) is 5.75 Å². The van der Waals surface area contributed by atoms with Crippen molar-refractivity contribution in [3.05, 3.63) is 47.3 Å². The van der Waals surface area contributed by atoms with Crippen LogP contribution in [0.25, 0.3) is 0 Å². The monoisotopic (exact) mass is 459 g/mol. The van der Waals surface area contributed by atoms with E-state index in [1.807, 2.05) is 24.3 Å². The zero-order valence-electron chi connectivity index (χ0n) is 17.8. The number of hydrogen-bond acceptors (Lipinski definition) is 7. The molecule has 1 atom stereocenters. The molecule has 0 radical (unpaired) electrons. The van der Waals surface area contributed by atoms with Gasteiger partial charge in [0.1, 0.15) is 16.6 Å². The molecule has 2 fully saturated rings. The van der Waals surface area contributed by atoms with E-state index in [1.54, 1.807) is 16.7 Å². The minimum absolute atomic E-state index is 0.0631. The van der Waals surface area contributed by atoms with Crippen molar-refractivity contribution in [3.63, 3.8) is 0 Å². The Morgan fingerprint density at radius 2 is 1.91 bits per heavy atom. The van der Waals surface area contributed by atoms with Crippen LogP contribution in [0.1, 0.15) is 40.9 Å². The zero-order chi connectivity index (χ0) is 22.5. The molecule has 5 rings (SSSR count). The highest BCUT2D eigenvalue weighted by Crippen LogP contribution is 2.37. The SMILES string of the molecule is Cc1cnoc1C(=O)N1CCC2(CC1)CN(C(=O)C1CCS1(=O)=O)Cc1ccccc1O2. The Bertz CT molecular complexity index is 1170. The summed E-state index contributed by atoms with van der Waals surface area (Å²) in [7, 11) is -3.35. The second kappa shape index (κ2) is 7.61. The number of ether oxygens (including phenoxy) is 1. The Morgan fingerprint density at radius 1 is 1.16 bits per heavy atom. The van der Waals surface area contributed by atoms with Crippen LogP contribution in [0.2, 0.25) is 0 Å². The van der Waals surface area contributed by atoms with E-state index >= 15 is 0 Å². The highest BCUT2D eigenvalue weighted by Gasteiger charge is 2.48. The predicted molar refractivity (Wildman–Crippen MR) is 114 cm³/mol. The number of amides is 2. The summed E-state index contributed by atoms with van der Waals surface area (Å²) in [6.45, 7) is 3.24. The van der Waals surface area contributed by atoms with Crippen LogP contribution in [0.3, 0.4) is 0 Å². The highest BCUT2D eigenvalue weighted by atomic mass is 32.2. The van der Waals surface area contributed by atoms with Crippen molar-refractivity contribution >= 4 is 21.7 Å². The number of hydrogen-bond donors (Lipinski definition) is 0. The van der Waals surface area contributed by atoms with Crippen LogP contribution in [-0.2, 0) is 21.2 Å². The van der Waals surface area contributed by atoms with Crippen molar-refractivity contribution in [1.82, 2.24) is 15.0 Å². The van der Waals surface area contributed by atoms with Crippen LogP contribution >= 0.6 is 0 Å². The Kier molecular flexibility index (Phi) is 4.99. The molecule has 0 bridgehead atoms. The lowest BCUT2D eigenvalue weighted by Crippen LogP contribution is -2.57. The molecule has 2 aromatic rings. The van der Waals surface area contributed by atoms with Crippen LogP contribution in [-0.4, -0.2) is 71.4 Å². The fourth-order valence-electron chi connectivity index (χ4n) is 4.69. The molecule has 4 heterocycles. The molecule has 170 valence electrons. The summed E-state index contributed by atoms with van der Waals surface area (Å²) in [6, 6.07) is 7.53. The van der Waals surface area contributed by atoms with E-state index in [1.165, 1.54) is 6.20 Å². The molecule has 1 aromatic carbocycles. The number of nitrogens with zero attached hydrogens (tertiary/aromatic N) is 3. The van der Waals surface area contributed by atoms with Gasteiger partial charge in [-0.3, -0.25) is 9.59 Å². The Balaban J connectivity index is 1.39. The molecule has 32 heavy (non-hydrogen) atoms. The molecule has 1 unspecified atom stereocenters. The smallest absolute Gasteiger partial charge is 0.292 e. The summed E-state index contributed by atoms with van der Waals surface area (Å²) >= 11 is 0. The normalized spacial score (nSPS) is 23.6. The first-order valence-electron chi connectivity index (χ1n) is 10.8. The summed E-state index contributed by atoms with van der Waals surface area (Å²) in [4.78, 5) is 29.3. The Labute approximate surface area is 186 Å². The molecule has 2 saturated heterocycles. The first kappa shape index (κ1) is 21.0. The highest BCUT2D eigenvalue weighted by molar-refractivity contribution is 7.94. The maximum absolute atomic E-state index is 13.2. The van der Waals surface area contributed by atoms with Crippen molar-refractivity contribution in [2.75, 3.05) is 25.4 Å².